The van der Waals surface area contributed by atoms with Crippen LogP contribution in [0.5, 0.6) is 0 Å². The van der Waals surface area contributed by atoms with Crippen LogP contribution in [0.15, 0.2) is 0 Å². The molecule has 0 radical (unpaired) electrons. The van der Waals surface area contributed by atoms with E-state index in [4.69, 9.17) is 4.74 Å². The zero-order chi connectivity index (χ0) is 15.4. The second-order valence-electron chi connectivity index (χ2n) is 6.92. The maximum atomic E-state index is 13.0. The molecule has 0 aromatic carbocycles. The number of likely N-dealkylation sites (tertiary alicyclic amines) is 1. The van der Waals surface area contributed by atoms with Crippen LogP contribution in [0.25, 0.3) is 0 Å². The highest BCUT2D eigenvalue weighted by Gasteiger charge is 2.39. The summed E-state index contributed by atoms with van der Waals surface area (Å²) in [6.45, 7) is 5.22. The van der Waals surface area contributed by atoms with Gasteiger partial charge >= 0.3 is 5.97 Å². The van der Waals surface area contributed by atoms with E-state index in [-0.39, 0.29) is 24.2 Å². The lowest BCUT2D eigenvalue weighted by molar-refractivity contribution is -0.149. The minimum atomic E-state index is -0.249. The molecule has 0 aromatic heterocycles. The predicted molar refractivity (Wildman–Crippen MR) is 81.7 cm³/mol. The number of hydrogen-bond donors (Lipinski definition) is 0. The van der Waals surface area contributed by atoms with Crippen molar-refractivity contribution in [2.75, 3.05) is 13.7 Å². The minimum Gasteiger partial charge on any atom is -0.469 e. The molecule has 4 heteroatoms. The zero-order valence-corrected chi connectivity index (χ0v) is 13.6. The molecule has 1 aliphatic carbocycles. The Morgan fingerprint density at radius 1 is 1.14 bits per heavy atom. The fraction of sp³-hybridized carbons (Fsp3) is 0.882. The van der Waals surface area contributed by atoms with Crippen LogP contribution in [0.3, 0.4) is 0 Å². The first-order valence-corrected chi connectivity index (χ1v) is 8.42. The Balaban J connectivity index is 2.11. The quantitative estimate of drug-likeness (QED) is 0.733. The molecular formula is C17H29NO3. The maximum Gasteiger partial charge on any atom is 0.306 e. The Morgan fingerprint density at radius 3 is 2.38 bits per heavy atom. The van der Waals surface area contributed by atoms with Gasteiger partial charge in [0.05, 0.1) is 19.4 Å². The largest absolute Gasteiger partial charge is 0.469 e. The van der Waals surface area contributed by atoms with E-state index < -0.39 is 0 Å². The van der Waals surface area contributed by atoms with E-state index in [0.29, 0.717) is 17.9 Å². The molecule has 0 N–H and O–H groups in total. The lowest BCUT2D eigenvalue weighted by Crippen LogP contribution is -2.44. The van der Waals surface area contributed by atoms with Crippen LogP contribution in [0.2, 0.25) is 0 Å². The normalized spacial score (nSPS) is 24.6. The van der Waals surface area contributed by atoms with Crippen molar-refractivity contribution >= 4 is 11.9 Å². The number of amides is 1. The minimum absolute atomic E-state index is 0.167. The SMILES string of the molecule is COC(=O)C[C@H](C(=O)N1CCC[C@H]1C(C)C)C1CCCC1. The summed E-state index contributed by atoms with van der Waals surface area (Å²) in [6.07, 6.45) is 6.96. The van der Waals surface area contributed by atoms with Gasteiger partial charge in [-0.15, -0.1) is 0 Å². The Morgan fingerprint density at radius 2 is 1.81 bits per heavy atom. The molecule has 2 atom stereocenters. The van der Waals surface area contributed by atoms with Gasteiger partial charge in [0.15, 0.2) is 0 Å². The van der Waals surface area contributed by atoms with Crippen LogP contribution in [0, 0.1) is 17.8 Å². The third kappa shape index (κ3) is 3.78. The van der Waals surface area contributed by atoms with Crippen molar-refractivity contribution in [3.63, 3.8) is 0 Å². The number of esters is 1. The monoisotopic (exact) mass is 295 g/mol. The Kier molecular flexibility index (Phi) is 5.65. The van der Waals surface area contributed by atoms with E-state index in [1.165, 1.54) is 20.0 Å². The molecule has 1 saturated carbocycles. The van der Waals surface area contributed by atoms with Crippen LogP contribution < -0.4 is 0 Å². The molecule has 0 aromatic rings. The van der Waals surface area contributed by atoms with Crippen LogP contribution >= 0.6 is 0 Å². The smallest absolute Gasteiger partial charge is 0.306 e. The fourth-order valence-electron chi connectivity index (χ4n) is 4.05. The van der Waals surface area contributed by atoms with E-state index in [0.717, 1.165) is 32.2 Å². The number of ether oxygens (including phenoxy) is 1. The van der Waals surface area contributed by atoms with E-state index >= 15 is 0 Å². The molecular weight excluding hydrogens is 266 g/mol. The molecule has 0 unspecified atom stereocenters. The van der Waals surface area contributed by atoms with E-state index in [1.54, 1.807) is 0 Å². The highest BCUT2D eigenvalue weighted by atomic mass is 16.5. The second-order valence-corrected chi connectivity index (χ2v) is 6.92. The number of hydrogen-bond acceptors (Lipinski definition) is 3. The van der Waals surface area contributed by atoms with E-state index in [2.05, 4.69) is 18.7 Å². The molecule has 1 amide bonds. The molecule has 1 heterocycles. The van der Waals surface area contributed by atoms with Crippen LogP contribution in [0.4, 0.5) is 0 Å². The lowest BCUT2D eigenvalue weighted by atomic mass is 9.86. The van der Waals surface area contributed by atoms with Gasteiger partial charge in [-0.05, 0) is 37.5 Å². The predicted octanol–water partition coefficient (Wildman–Crippen LogP) is 3.00. The first-order chi connectivity index (χ1) is 10.0. The first kappa shape index (κ1) is 16.3. The molecule has 4 nitrogen and oxygen atoms in total. The van der Waals surface area contributed by atoms with Gasteiger partial charge in [-0.25, -0.2) is 0 Å². The number of carbonyl (C=O) groups is 2. The van der Waals surface area contributed by atoms with Gasteiger partial charge in [-0.1, -0.05) is 26.7 Å². The first-order valence-electron chi connectivity index (χ1n) is 8.42. The van der Waals surface area contributed by atoms with Crippen molar-refractivity contribution < 1.29 is 14.3 Å². The summed E-state index contributed by atoms with van der Waals surface area (Å²) >= 11 is 0. The molecule has 2 rings (SSSR count). The lowest BCUT2D eigenvalue weighted by Gasteiger charge is -2.33. The van der Waals surface area contributed by atoms with Crippen molar-refractivity contribution in [3.8, 4) is 0 Å². The molecule has 0 bridgehead atoms. The van der Waals surface area contributed by atoms with Crippen LogP contribution in [0.1, 0.15) is 58.8 Å². The standard InChI is InChI=1S/C17H29NO3/c1-12(2)15-9-6-10-18(15)17(20)14(11-16(19)21-3)13-7-4-5-8-13/h12-15H,4-11H2,1-3H3/t14-,15-/m0/s1. The van der Waals surface area contributed by atoms with Crippen molar-refractivity contribution in [3.05, 3.63) is 0 Å². The molecule has 2 aliphatic rings. The highest BCUT2D eigenvalue weighted by molar-refractivity contribution is 5.84. The second kappa shape index (κ2) is 7.28. The van der Waals surface area contributed by atoms with Gasteiger partial charge in [-0.3, -0.25) is 9.59 Å². The average Bonchev–Trinajstić information content (AvgIpc) is 3.13. The molecule has 0 spiro atoms. The molecule has 1 saturated heterocycles. The third-order valence-electron chi connectivity index (χ3n) is 5.25. The van der Waals surface area contributed by atoms with Crippen LogP contribution in [-0.2, 0) is 14.3 Å². The van der Waals surface area contributed by atoms with E-state index in [1.807, 2.05) is 0 Å². The Hall–Kier alpha value is -1.06. The summed E-state index contributed by atoms with van der Waals surface area (Å²) < 4.78 is 4.82. The van der Waals surface area contributed by atoms with Gasteiger partial charge in [0.25, 0.3) is 0 Å². The zero-order valence-electron chi connectivity index (χ0n) is 13.6. The molecule has 21 heavy (non-hydrogen) atoms. The molecule has 120 valence electrons. The van der Waals surface area contributed by atoms with Crippen molar-refractivity contribution in [1.29, 1.82) is 0 Å². The van der Waals surface area contributed by atoms with Crippen molar-refractivity contribution in [1.82, 2.24) is 4.90 Å². The van der Waals surface area contributed by atoms with Crippen molar-refractivity contribution in [2.45, 2.75) is 64.8 Å². The van der Waals surface area contributed by atoms with Crippen LogP contribution in [-0.4, -0.2) is 36.5 Å². The summed E-state index contributed by atoms with van der Waals surface area (Å²) in [6, 6.07) is 0.346. The third-order valence-corrected chi connectivity index (χ3v) is 5.25. The number of rotatable bonds is 5. The van der Waals surface area contributed by atoms with Gasteiger partial charge in [0.2, 0.25) is 5.91 Å². The average molecular weight is 295 g/mol. The number of carbonyl (C=O) groups excluding carboxylic acids is 2. The van der Waals surface area contributed by atoms with Gasteiger partial charge < -0.3 is 9.64 Å². The Labute approximate surface area is 128 Å². The maximum absolute atomic E-state index is 13.0. The number of methoxy groups -OCH3 is 1. The van der Waals surface area contributed by atoms with Crippen molar-refractivity contribution in [2.24, 2.45) is 17.8 Å². The summed E-state index contributed by atoms with van der Waals surface area (Å²) in [4.78, 5) is 26.8. The molecule has 2 fully saturated rings. The highest BCUT2D eigenvalue weighted by Crippen LogP contribution is 2.36. The summed E-state index contributed by atoms with van der Waals surface area (Å²) in [5, 5.41) is 0. The summed E-state index contributed by atoms with van der Waals surface area (Å²) in [5.74, 6) is 0.632. The topological polar surface area (TPSA) is 46.6 Å². The summed E-state index contributed by atoms with van der Waals surface area (Å²) in [5.41, 5.74) is 0. The fourth-order valence-corrected chi connectivity index (χ4v) is 4.05. The van der Waals surface area contributed by atoms with E-state index in [9.17, 15) is 9.59 Å². The van der Waals surface area contributed by atoms with Gasteiger partial charge in [0.1, 0.15) is 0 Å². The molecule has 1 aliphatic heterocycles. The number of nitrogens with zero attached hydrogens (tertiary/aromatic N) is 1. The van der Waals surface area contributed by atoms with Gasteiger partial charge in [-0.2, -0.15) is 0 Å². The van der Waals surface area contributed by atoms with Gasteiger partial charge in [0, 0.05) is 12.6 Å². The Bertz CT molecular complexity index is 374. The summed E-state index contributed by atoms with van der Waals surface area (Å²) in [7, 11) is 1.41.